The van der Waals surface area contributed by atoms with E-state index >= 15 is 0 Å². The van der Waals surface area contributed by atoms with Crippen LogP contribution < -0.4 is 0 Å². The third kappa shape index (κ3) is 1.76. The molecule has 0 radical (unpaired) electrons. The van der Waals surface area contributed by atoms with E-state index in [0.717, 1.165) is 19.5 Å². The van der Waals surface area contributed by atoms with E-state index in [2.05, 4.69) is 24.5 Å². The number of phenols is 1. The number of likely N-dealkylation sites (tertiary alicyclic amines) is 1. The third-order valence-corrected chi connectivity index (χ3v) is 4.72. The molecule has 0 aromatic heterocycles. The molecule has 96 valence electrons. The summed E-state index contributed by atoms with van der Waals surface area (Å²) in [5.41, 5.74) is 3.03. The summed E-state index contributed by atoms with van der Waals surface area (Å²) in [4.78, 5) is 2.55. The Bertz CT molecular complexity index is 482. The minimum atomic E-state index is 0.245. The van der Waals surface area contributed by atoms with Crippen LogP contribution in [0.15, 0.2) is 30.9 Å². The summed E-state index contributed by atoms with van der Waals surface area (Å²) in [5, 5.41) is 9.71. The van der Waals surface area contributed by atoms with Crippen LogP contribution in [0.1, 0.15) is 30.9 Å². The fraction of sp³-hybridized carbons (Fsp3) is 0.500. The van der Waals surface area contributed by atoms with Gasteiger partial charge in [0.1, 0.15) is 5.75 Å². The van der Waals surface area contributed by atoms with Gasteiger partial charge in [0, 0.05) is 12.6 Å². The molecule has 1 aliphatic carbocycles. The Kier molecular flexibility index (Phi) is 2.70. The molecule has 2 atom stereocenters. The van der Waals surface area contributed by atoms with Gasteiger partial charge in [0.25, 0.3) is 0 Å². The Hall–Kier alpha value is -1.28. The van der Waals surface area contributed by atoms with Crippen molar-refractivity contribution in [2.45, 2.75) is 37.6 Å². The summed E-state index contributed by atoms with van der Waals surface area (Å²) in [6.07, 6.45) is 5.50. The van der Waals surface area contributed by atoms with E-state index in [1.165, 1.54) is 24.0 Å². The maximum atomic E-state index is 9.71. The number of hydrogen-bond acceptors (Lipinski definition) is 2. The molecule has 1 aliphatic heterocycles. The molecule has 2 bridgehead atoms. The van der Waals surface area contributed by atoms with Crippen molar-refractivity contribution in [2.75, 3.05) is 13.1 Å². The van der Waals surface area contributed by atoms with Gasteiger partial charge in [0.2, 0.25) is 0 Å². The number of rotatable bonds is 2. The van der Waals surface area contributed by atoms with Crippen LogP contribution in [0.25, 0.3) is 0 Å². The normalized spacial score (nSPS) is 30.8. The molecule has 0 spiro atoms. The van der Waals surface area contributed by atoms with Crippen LogP contribution >= 0.6 is 0 Å². The molecule has 1 heterocycles. The Morgan fingerprint density at radius 2 is 2.39 bits per heavy atom. The highest BCUT2D eigenvalue weighted by molar-refractivity contribution is 5.43. The van der Waals surface area contributed by atoms with Gasteiger partial charge in [-0.05, 0) is 54.5 Å². The van der Waals surface area contributed by atoms with Crippen LogP contribution in [0.5, 0.6) is 5.75 Å². The Morgan fingerprint density at radius 3 is 3.17 bits per heavy atom. The summed E-state index contributed by atoms with van der Waals surface area (Å²) in [7, 11) is 0. The van der Waals surface area contributed by atoms with Gasteiger partial charge in [-0.25, -0.2) is 0 Å². The van der Waals surface area contributed by atoms with E-state index in [0.29, 0.717) is 11.8 Å². The highest BCUT2D eigenvalue weighted by atomic mass is 16.3. The molecule has 2 nitrogen and oxygen atoms in total. The van der Waals surface area contributed by atoms with E-state index in [9.17, 15) is 5.11 Å². The van der Waals surface area contributed by atoms with Crippen LogP contribution in [0, 0.1) is 0 Å². The molecule has 1 saturated heterocycles. The number of nitrogens with zero attached hydrogens (tertiary/aromatic N) is 1. The van der Waals surface area contributed by atoms with Gasteiger partial charge >= 0.3 is 0 Å². The quantitative estimate of drug-likeness (QED) is 0.807. The van der Waals surface area contributed by atoms with Gasteiger partial charge in [0.15, 0.2) is 0 Å². The summed E-state index contributed by atoms with van der Waals surface area (Å²) in [5.74, 6) is 0.405. The van der Waals surface area contributed by atoms with Crippen molar-refractivity contribution in [1.29, 1.82) is 0 Å². The molecule has 2 heteroatoms. The van der Waals surface area contributed by atoms with Crippen molar-refractivity contribution in [3.05, 3.63) is 42.0 Å². The standard InChI is InChI=1S/C16H21NO/c1-3-7-17-8-6-16(2)11-13(17)9-12-4-5-14(18)10-15(12)16/h3-5,10,13,18H,1,6-9,11H2,2H3/t13-,16+/m1/s1. The molecule has 2 aliphatic rings. The van der Waals surface area contributed by atoms with Crippen LogP contribution in [0.2, 0.25) is 0 Å². The molecule has 1 fully saturated rings. The molecule has 1 aromatic rings. The van der Waals surface area contributed by atoms with Crippen molar-refractivity contribution in [1.82, 2.24) is 4.90 Å². The van der Waals surface area contributed by atoms with Crippen LogP contribution in [-0.4, -0.2) is 29.1 Å². The SMILES string of the molecule is C=CCN1CC[C@@]2(C)C[C@H]1Cc1ccc(O)cc12. The molecule has 1 N–H and O–H groups in total. The largest absolute Gasteiger partial charge is 0.508 e. The lowest BCUT2D eigenvalue weighted by atomic mass is 9.65. The number of benzene rings is 1. The lowest BCUT2D eigenvalue weighted by Gasteiger charge is -2.49. The zero-order valence-electron chi connectivity index (χ0n) is 11.0. The van der Waals surface area contributed by atoms with Crippen molar-refractivity contribution >= 4 is 0 Å². The molecule has 1 aromatic carbocycles. The molecule has 0 saturated carbocycles. The van der Waals surface area contributed by atoms with Crippen LogP contribution in [-0.2, 0) is 11.8 Å². The van der Waals surface area contributed by atoms with E-state index < -0.39 is 0 Å². The summed E-state index contributed by atoms with van der Waals surface area (Å²) in [6, 6.07) is 6.54. The van der Waals surface area contributed by atoms with Crippen molar-refractivity contribution in [3.63, 3.8) is 0 Å². The second kappa shape index (κ2) is 4.13. The Labute approximate surface area is 109 Å². The molecule has 0 amide bonds. The van der Waals surface area contributed by atoms with Crippen molar-refractivity contribution in [2.24, 2.45) is 0 Å². The van der Waals surface area contributed by atoms with Gasteiger partial charge in [-0.1, -0.05) is 19.1 Å². The lowest BCUT2D eigenvalue weighted by Crippen LogP contribution is -2.51. The second-order valence-corrected chi connectivity index (χ2v) is 6.00. The molecule has 0 unspecified atom stereocenters. The molecule has 18 heavy (non-hydrogen) atoms. The number of piperidine rings is 1. The van der Waals surface area contributed by atoms with Crippen LogP contribution in [0.3, 0.4) is 0 Å². The first-order valence-corrected chi connectivity index (χ1v) is 6.80. The number of aromatic hydroxyl groups is 1. The number of hydrogen-bond donors (Lipinski definition) is 1. The second-order valence-electron chi connectivity index (χ2n) is 6.00. The maximum absolute atomic E-state index is 9.71. The van der Waals surface area contributed by atoms with Crippen molar-refractivity contribution < 1.29 is 5.11 Å². The van der Waals surface area contributed by atoms with E-state index in [1.54, 1.807) is 0 Å². The lowest BCUT2D eigenvalue weighted by molar-refractivity contribution is 0.0987. The van der Waals surface area contributed by atoms with Crippen molar-refractivity contribution in [3.8, 4) is 5.75 Å². The summed E-state index contributed by atoms with van der Waals surface area (Å²) >= 11 is 0. The first-order chi connectivity index (χ1) is 8.62. The predicted molar refractivity (Wildman–Crippen MR) is 74.0 cm³/mol. The first kappa shape index (κ1) is 11.8. The fourth-order valence-electron chi connectivity index (χ4n) is 3.73. The fourth-order valence-corrected chi connectivity index (χ4v) is 3.73. The average Bonchev–Trinajstić information content (AvgIpc) is 2.34. The number of phenolic OH excluding ortho intramolecular Hbond substituents is 1. The van der Waals surface area contributed by atoms with Crippen LogP contribution in [0.4, 0.5) is 0 Å². The summed E-state index contributed by atoms with van der Waals surface area (Å²) in [6.45, 7) is 8.34. The Balaban J connectivity index is 1.99. The smallest absolute Gasteiger partial charge is 0.115 e. The molecular weight excluding hydrogens is 222 g/mol. The van der Waals surface area contributed by atoms with E-state index in [4.69, 9.17) is 0 Å². The van der Waals surface area contributed by atoms with Gasteiger partial charge in [-0.3, -0.25) is 4.90 Å². The van der Waals surface area contributed by atoms with E-state index in [1.807, 2.05) is 18.2 Å². The highest BCUT2D eigenvalue weighted by Gasteiger charge is 2.42. The minimum absolute atomic E-state index is 0.245. The average molecular weight is 243 g/mol. The molecular formula is C16H21NO. The monoisotopic (exact) mass is 243 g/mol. The number of fused-ring (bicyclic) bond motifs is 4. The zero-order valence-corrected chi connectivity index (χ0v) is 11.0. The van der Waals surface area contributed by atoms with Gasteiger partial charge in [-0.15, -0.1) is 6.58 Å². The maximum Gasteiger partial charge on any atom is 0.115 e. The van der Waals surface area contributed by atoms with E-state index in [-0.39, 0.29) is 5.41 Å². The van der Waals surface area contributed by atoms with Gasteiger partial charge < -0.3 is 5.11 Å². The van der Waals surface area contributed by atoms with Gasteiger partial charge in [0.05, 0.1) is 0 Å². The molecule has 3 rings (SSSR count). The highest BCUT2D eigenvalue weighted by Crippen LogP contribution is 2.45. The Morgan fingerprint density at radius 1 is 1.56 bits per heavy atom. The zero-order chi connectivity index (χ0) is 12.8. The van der Waals surface area contributed by atoms with Gasteiger partial charge in [-0.2, -0.15) is 0 Å². The first-order valence-electron chi connectivity index (χ1n) is 6.80. The summed E-state index contributed by atoms with van der Waals surface area (Å²) < 4.78 is 0. The topological polar surface area (TPSA) is 23.5 Å². The predicted octanol–water partition coefficient (Wildman–Crippen LogP) is 2.86. The third-order valence-electron chi connectivity index (χ3n) is 4.72. The minimum Gasteiger partial charge on any atom is -0.508 e.